The van der Waals surface area contributed by atoms with E-state index in [2.05, 4.69) is 10.1 Å². The Morgan fingerprint density at radius 3 is 2.29 bits per heavy atom. The van der Waals surface area contributed by atoms with Crippen LogP contribution in [0.15, 0.2) is 42.5 Å². The Kier molecular flexibility index (Phi) is 5.58. The second kappa shape index (κ2) is 7.83. The molecule has 2 aromatic carbocycles. The molecule has 0 unspecified atom stereocenters. The van der Waals surface area contributed by atoms with E-state index in [1.165, 1.54) is 0 Å². The minimum absolute atomic E-state index is 0.250. The molecule has 2 aromatic rings. The van der Waals surface area contributed by atoms with Gasteiger partial charge in [0, 0.05) is 5.69 Å². The van der Waals surface area contributed by atoms with Crippen LogP contribution in [0.25, 0.3) is 0 Å². The number of ether oxygens (including phenoxy) is 1. The molecule has 2 rings (SSSR count). The minimum Gasteiger partial charge on any atom is -0.452 e. The van der Waals surface area contributed by atoms with Crippen molar-refractivity contribution in [1.29, 1.82) is 5.26 Å². The van der Waals surface area contributed by atoms with Gasteiger partial charge in [-0.05, 0) is 29.8 Å². The van der Waals surface area contributed by atoms with Crippen molar-refractivity contribution in [3.05, 3.63) is 65.2 Å². The molecule has 0 saturated heterocycles. The molecule has 0 bridgehead atoms. The van der Waals surface area contributed by atoms with Crippen molar-refractivity contribution in [3.63, 3.8) is 0 Å². The Morgan fingerprint density at radius 2 is 1.71 bits per heavy atom. The molecule has 7 heteroatoms. The van der Waals surface area contributed by atoms with Crippen molar-refractivity contribution in [2.24, 2.45) is 0 Å². The third-order valence-electron chi connectivity index (χ3n) is 3.02. The van der Waals surface area contributed by atoms with Crippen LogP contribution in [-0.4, -0.2) is 18.5 Å². The van der Waals surface area contributed by atoms with E-state index in [0.29, 0.717) is 5.69 Å². The Balaban J connectivity index is 1.91. The molecule has 0 saturated carbocycles. The number of esters is 1. The summed E-state index contributed by atoms with van der Waals surface area (Å²) in [6, 6.07) is 11.5. The van der Waals surface area contributed by atoms with Gasteiger partial charge in [-0.15, -0.1) is 0 Å². The molecule has 5 nitrogen and oxygen atoms in total. The fraction of sp³-hybridized carbons (Fsp3) is 0.118. The number of hydrogen-bond donors (Lipinski definition) is 1. The van der Waals surface area contributed by atoms with Crippen molar-refractivity contribution in [2.45, 2.75) is 6.42 Å². The molecular weight excluding hydrogens is 318 g/mol. The summed E-state index contributed by atoms with van der Waals surface area (Å²) in [5.41, 5.74) is 0.387. The first-order chi connectivity index (χ1) is 11.5. The number of anilines is 1. The van der Waals surface area contributed by atoms with Crippen LogP contribution in [0.2, 0.25) is 0 Å². The fourth-order valence-electron chi connectivity index (χ4n) is 1.89. The van der Waals surface area contributed by atoms with E-state index < -0.39 is 35.7 Å². The highest BCUT2D eigenvalue weighted by atomic mass is 19.1. The standard InChI is InChI=1S/C17H12F2N2O3/c18-13-2-1-3-14(19)16(13)17(23)24-10-15(22)21-12-6-4-11(5-7-12)8-9-20/h1-7H,8,10H2,(H,21,22). The lowest BCUT2D eigenvalue weighted by atomic mass is 10.1. The monoisotopic (exact) mass is 330 g/mol. The Morgan fingerprint density at radius 1 is 1.08 bits per heavy atom. The second-order valence-electron chi connectivity index (χ2n) is 4.75. The second-order valence-corrected chi connectivity index (χ2v) is 4.75. The van der Waals surface area contributed by atoms with Crippen LogP contribution in [0.4, 0.5) is 14.5 Å². The summed E-state index contributed by atoms with van der Waals surface area (Å²) < 4.78 is 31.4. The third-order valence-corrected chi connectivity index (χ3v) is 3.02. The number of amides is 1. The Bertz CT molecular complexity index is 778. The number of benzene rings is 2. The first-order valence-corrected chi connectivity index (χ1v) is 6.88. The van der Waals surface area contributed by atoms with Crippen molar-refractivity contribution in [2.75, 3.05) is 11.9 Å². The summed E-state index contributed by atoms with van der Waals surface area (Å²) in [4.78, 5) is 23.3. The van der Waals surface area contributed by atoms with Gasteiger partial charge in [-0.25, -0.2) is 13.6 Å². The van der Waals surface area contributed by atoms with E-state index in [1.807, 2.05) is 6.07 Å². The topological polar surface area (TPSA) is 79.2 Å². The predicted molar refractivity (Wildman–Crippen MR) is 81.0 cm³/mol. The first-order valence-electron chi connectivity index (χ1n) is 6.88. The maximum absolute atomic E-state index is 13.4. The molecule has 0 aromatic heterocycles. The number of rotatable bonds is 5. The highest BCUT2D eigenvalue weighted by Crippen LogP contribution is 2.14. The molecule has 122 valence electrons. The first kappa shape index (κ1) is 17.1. The van der Waals surface area contributed by atoms with Gasteiger partial charge < -0.3 is 10.1 Å². The summed E-state index contributed by atoms with van der Waals surface area (Å²) in [5.74, 6) is -4.04. The lowest BCUT2D eigenvalue weighted by Gasteiger charge is -2.08. The zero-order chi connectivity index (χ0) is 17.5. The van der Waals surface area contributed by atoms with Crippen LogP contribution in [-0.2, 0) is 16.0 Å². The van der Waals surface area contributed by atoms with Gasteiger partial charge in [0.1, 0.15) is 17.2 Å². The van der Waals surface area contributed by atoms with Gasteiger partial charge in [-0.3, -0.25) is 4.79 Å². The van der Waals surface area contributed by atoms with Gasteiger partial charge in [0.15, 0.2) is 6.61 Å². The Hall–Kier alpha value is -3.27. The molecule has 0 aliphatic carbocycles. The maximum atomic E-state index is 13.4. The average Bonchev–Trinajstić information content (AvgIpc) is 2.55. The highest BCUT2D eigenvalue weighted by Gasteiger charge is 2.19. The summed E-state index contributed by atoms with van der Waals surface area (Å²) in [6.45, 7) is -0.688. The van der Waals surface area contributed by atoms with Gasteiger partial charge in [0.05, 0.1) is 12.5 Å². The number of carbonyl (C=O) groups excluding carboxylic acids is 2. The average molecular weight is 330 g/mol. The van der Waals surface area contributed by atoms with E-state index in [0.717, 1.165) is 23.8 Å². The number of hydrogen-bond acceptors (Lipinski definition) is 4. The molecule has 1 amide bonds. The molecule has 0 radical (unpaired) electrons. The molecular formula is C17H12F2N2O3. The largest absolute Gasteiger partial charge is 0.452 e. The third kappa shape index (κ3) is 4.36. The van der Waals surface area contributed by atoms with Crippen molar-refractivity contribution in [1.82, 2.24) is 0 Å². The number of nitriles is 1. The van der Waals surface area contributed by atoms with Crippen molar-refractivity contribution < 1.29 is 23.1 Å². The van der Waals surface area contributed by atoms with Gasteiger partial charge >= 0.3 is 5.97 Å². The van der Waals surface area contributed by atoms with Gasteiger partial charge in [0.25, 0.3) is 5.91 Å². The minimum atomic E-state index is -1.26. The van der Waals surface area contributed by atoms with E-state index in [-0.39, 0.29) is 6.42 Å². The number of nitrogens with zero attached hydrogens (tertiary/aromatic N) is 1. The molecule has 0 atom stereocenters. The number of nitrogens with one attached hydrogen (secondary N) is 1. The fourth-order valence-corrected chi connectivity index (χ4v) is 1.89. The SMILES string of the molecule is N#CCc1ccc(NC(=O)COC(=O)c2c(F)cccc2F)cc1. The summed E-state index contributed by atoms with van der Waals surface area (Å²) in [5, 5.41) is 11.0. The van der Waals surface area contributed by atoms with Crippen molar-refractivity contribution >= 4 is 17.6 Å². The quantitative estimate of drug-likeness (QED) is 0.855. The smallest absolute Gasteiger partial charge is 0.344 e. The maximum Gasteiger partial charge on any atom is 0.344 e. The number of halogens is 2. The number of carbonyl (C=O) groups is 2. The zero-order valence-corrected chi connectivity index (χ0v) is 12.4. The molecule has 0 heterocycles. The van der Waals surface area contributed by atoms with Crippen LogP contribution in [0, 0.1) is 23.0 Å². The normalized spacial score (nSPS) is 9.88. The summed E-state index contributed by atoms with van der Waals surface area (Å²) >= 11 is 0. The van der Waals surface area contributed by atoms with E-state index in [9.17, 15) is 18.4 Å². The molecule has 0 spiro atoms. The van der Waals surface area contributed by atoms with Crippen LogP contribution >= 0.6 is 0 Å². The van der Waals surface area contributed by atoms with Gasteiger partial charge in [0.2, 0.25) is 0 Å². The molecule has 1 N–H and O–H groups in total. The van der Waals surface area contributed by atoms with Crippen molar-refractivity contribution in [3.8, 4) is 6.07 Å². The molecule has 0 aliphatic heterocycles. The van der Waals surface area contributed by atoms with Gasteiger partial charge in [-0.2, -0.15) is 5.26 Å². The lowest BCUT2D eigenvalue weighted by Crippen LogP contribution is -2.21. The van der Waals surface area contributed by atoms with Gasteiger partial charge in [-0.1, -0.05) is 18.2 Å². The van der Waals surface area contributed by atoms with Crippen LogP contribution < -0.4 is 5.32 Å². The summed E-state index contributed by atoms with van der Waals surface area (Å²) in [7, 11) is 0. The lowest BCUT2D eigenvalue weighted by molar-refractivity contribution is -0.119. The Labute approximate surface area is 136 Å². The predicted octanol–water partition coefficient (Wildman–Crippen LogP) is 2.83. The van der Waals surface area contributed by atoms with E-state index in [4.69, 9.17) is 5.26 Å². The van der Waals surface area contributed by atoms with E-state index >= 15 is 0 Å². The molecule has 0 fully saturated rings. The summed E-state index contributed by atoms with van der Waals surface area (Å²) in [6.07, 6.45) is 0.250. The highest BCUT2D eigenvalue weighted by molar-refractivity contribution is 5.95. The van der Waals surface area contributed by atoms with Crippen LogP contribution in [0.1, 0.15) is 15.9 Å². The van der Waals surface area contributed by atoms with Crippen LogP contribution in [0.5, 0.6) is 0 Å². The zero-order valence-electron chi connectivity index (χ0n) is 12.4. The van der Waals surface area contributed by atoms with E-state index in [1.54, 1.807) is 24.3 Å². The molecule has 0 aliphatic rings. The molecule has 24 heavy (non-hydrogen) atoms. The van der Waals surface area contributed by atoms with Crippen LogP contribution in [0.3, 0.4) is 0 Å².